The van der Waals surface area contributed by atoms with Gasteiger partial charge >= 0.3 is 0 Å². The minimum atomic E-state index is -0.209. The standard InChI is InChI=1S/C15H22N2OS/c1-11-12(2)19-9-8-17(11)15(18)14(10-16)13-6-4-3-5-7-13/h3-7,11-12,14H,8-10,16H2,1-2H3. The van der Waals surface area contributed by atoms with Crippen molar-refractivity contribution >= 4 is 17.7 Å². The van der Waals surface area contributed by atoms with Gasteiger partial charge in [0.25, 0.3) is 0 Å². The Labute approximate surface area is 119 Å². The molecule has 19 heavy (non-hydrogen) atoms. The van der Waals surface area contributed by atoms with Gasteiger partial charge in [0.15, 0.2) is 0 Å². The number of carbonyl (C=O) groups excluding carboxylic acids is 1. The van der Waals surface area contributed by atoms with Gasteiger partial charge in [-0.3, -0.25) is 4.79 Å². The quantitative estimate of drug-likeness (QED) is 0.921. The molecule has 4 heteroatoms. The third-order valence-electron chi connectivity index (χ3n) is 3.90. The van der Waals surface area contributed by atoms with Gasteiger partial charge in [-0.1, -0.05) is 37.3 Å². The van der Waals surface area contributed by atoms with Crippen molar-refractivity contribution in [2.45, 2.75) is 31.1 Å². The number of rotatable bonds is 3. The van der Waals surface area contributed by atoms with Gasteiger partial charge in [0.1, 0.15) is 0 Å². The van der Waals surface area contributed by atoms with Crippen LogP contribution in [0.25, 0.3) is 0 Å². The summed E-state index contributed by atoms with van der Waals surface area (Å²) in [5.74, 6) is 0.982. The molecule has 1 heterocycles. The predicted molar refractivity (Wildman–Crippen MR) is 81.3 cm³/mol. The van der Waals surface area contributed by atoms with Crippen LogP contribution in [-0.4, -0.2) is 40.9 Å². The summed E-state index contributed by atoms with van der Waals surface area (Å²) >= 11 is 1.94. The summed E-state index contributed by atoms with van der Waals surface area (Å²) in [6, 6.07) is 10.1. The molecule has 0 bridgehead atoms. The first kappa shape index (κ1) is 14.4. The average molecular weight is 278 g/mol. The van der Waals surface area contributed by atoms with Crippen LogP contribution in [-0.2, 0) is 4.79 Å². The highest BCUT2D eigenvalue weighted by atomic mass is 32.2. The first-order valence-corrected chi connectivity index (χ1v) is 7.87. The highest BCUT2D eigenvalue weighted by molar-refractivity contribution is 8.00. The lowest BCUT2D eigenvalue weighted by atomic mass is 9.96. The Morgan fingerprint density at radius 1 is 1.42 bits per heavy atom. The first-order chi connectivity index (χ1) is 9.15. The van der Waals surface area contributed by atoms with Gasteiger partial charge in [-0.2, -0.15) is 11.8 Å². The molecule has 1 fully saturated rings. The molecule has 3 atom stereocenters. The molecule has 104 valence electrons. The van der Waals surface area contributed by atoms with E-state index in [2.05, 4.69) is 13.8 Å². The Kier molecular flexibility index (Phi) is 4.88. The molecule has 0 spiro atoms. The van der Waals surface area contributed by atoms with E-state index >= 15 is 0 Å². The third-order valence-corrected chi connectivity index (χ3v) is 5.24. The van der Waals surface area contributed by atoms with Crippen molar-refractivity contribution in [1.82, 2.24) is 4.90 Å². The molecule has 0 saturated carbocycles. The molecule has 3 nitrogen and oxygen atoms in total. The Hall–Kier alpha value is -1.00. The molecule has 1 aromatic rings. The van der Waals surface area contributed by atoms with E-state index in [9.17, 15) is 4.79 Å². The van der Waals surface area contributed by atoms with E-state index in [4.69, 9.17) is 5.73 Å². The van der Waals surface area contributed by atoms with Crippen molar-refractivity contribution in [3.63, 3.8) is 0 Å². The molecule has 0 radical (unpaired) electrons. The SMILES string of the molecule is CC1SCCN(C(=O)C(CN)c2ccccc2)C1C. The lowest BCUT2D eigenvalue weighted by Crippen LogP contribution is -2.50. The monoisotopic (exact) mass is 278 g/mol. The van der Waals surface area contributed by atoms with Crippen LogP contribution in [0.4, 0.5) is 0 Å². The second-order valence-corrected chi connectivity index (χ2v) is 6.53. The molecular weight excluding hydrogens is 256 g/mol. The maximum Gasteiger partial charge on any atom is 0.231 e. The van der Waals surface area contributed by atoms with Crippen molar-refractivity contribution in [2.75, 3.05) is 18.8 Å². The van der Waals surface area contributed by atoms with Gasteiger partial charge in [-0.05, 0) is 12.5 Å². The van der Waals surface area contributed by atoms with Gasteiger partial charge in [0, 0.05) is 30.1 Å². The van der Waals surface area contributed by atoms with Gasteiger partial charge < -0.3 is 10.6 Å². The molecule has 1 amide bonds. The lowest BCUT2D eigenvalue weighted by molar-refractivity contribution is -0.134. The largest absolute Gasteiger partial charge is 0.337 e. The molecule has 1 aromatic carbocycles. The lowest BCUT2D eigenvalue weighted by Gasteiger charge is -2.39. The van der Waals surface area contributed by atoms with Crippen LogP contribution in [0.5, 0.6) is 0 Å². The Morgan fingerprint density at radius 2 is 2.11 bits per heavy atom. The second kappa shape index (κ2) is 6.44. The zero-order chi connectivity index (χ0) is 13.8. The summed E-state index contributed by atoms with van der Waals surface area (Å²) in [6.07, 6.45) is 0. The van der Waals surface area contributed by atoms with Crippen LogP contribution in [0, 0.1) is 0 Å². The number of thioether (sulfide) groups is 1. The van der Waals surface area contributed by atoms with Crippen molar-refractivity contribution in [2.24, 2.45) is 5.73 Å². The molecule has 1 saturated heterocycles. The van der Waals surface area contributed by atoms with Crippen molar-refractivity contribution < 1.29 is 4.79 Å². The van der Waals surface area contributed by atoms with Crippen LogP contribution in [0.2, 0.25) is 0 Å². The van der Waals surface area contributed by atoms with E-state index in [-0.39, 0.29) is 17.9 Å². The molecule has 0 aliphatic carbocycles. The molecule has 1 aliphatic heterocycles. The van der Waals surface area contributed by atoms with Crippen molar-refractivity contribution in [3.8, 4) is 0 Å². The number of nitrogens with two attached hydrogens (primary N) is 1. The van der Waals surface area contributed by atoms with Crippen LogP contribution in [0.1, 0.15) is 25.3 Å². The number of carbonyl (C=O) groups is 1. The minimum absolute atomic E-state index is 0.174. The van der Waals surface area contributed by atoms with Crippen molar-refractivity contribution in [1.29, 1.82) is 0 Å². The maximum absolute atomic E-state index is 12.7. The fraction of sp³-hybridized carbons (Fsp3) is 0.533. The number of hydrogen-bond donors (Lipinski definition) is 1. The highest BCUT2D eigenvalue weighted by Gasteiger charge is 2.32. The van der Waals surface area contributed by atoms with E-state index in [0.29, 0.717) is 11.8 Å². The zero-order valence-corrected chi connectivity index (χ0v) is 12.4. The zero-order valence-electron chi connectivity index (χ0n) is 11.6. The summed E-state index contributed by atoms with van der Waals surface area (Å²) in [5, 5.41) is 0.492. The van der Waals surface area contributed by atoms with E-state index < -0.39 is 0 Å². The first-order valence-electron chi connectivity index (χ1n) is 6.82. The van der Waals surface area contributed by atoms with Crippen molar-refractivity contribution in [3.05, 3.63) is 35.9 Å². The average Bonchev–Trinajstić information content (AvgIpc) is 2.44. The Morgan fingerprint density at radius 3 is 2.74 bits per heavy atom. The normalized spacial score (nSPS) is 25.1. The van der Waals surface area contributed by atoms with E-state index in [0.717, 1.165) is 17.9 Å². The summed E-state index contributed by atoms with van der Waals surface area (Å²) in [4.78, 5) is 14.7. The van der Waals surface area contributed by atoms with Crippen LogP contribution >= 0.6 is 11.8 Å². The van der Waals surface area contributed by atoms with Crippen LogP contribution in [0.3, 0.4) is 0 Å². The Bertz CT molecular complexity index is 423. The molecular formula is C15H22N2OS. The minimum Gasteiger partial charge on any atom is -0.337 e. The molecule has 2 N–H and O–H groups in total. The smallest absolute Gasteiger partial charge is 0.231 e. The van der Waals surface area contributed by atoms with E-state index in [1.807, 2.05) is 47.0 Å². The summed E-state index contributed by atoms with van der Waals surface area (Å²) in [6.45, 7) is 5.52. The Balaban J connectivity index is 2.17. The van der Waals surface area contributed by atoms with E-state index in [1.54, 1.807) is 0 Å². The molecule has 1 aliphatic rings. The topological polar surface area (TPSA) is 46.3 Å². The number of amides is 1. The summed E-state index contributed by atoms with van der Waals surface area (Å²) in [7, 11) is 0. The van der Waals surface area contributed by atoms with E-state index in [1.165, 1.54) is 0 Å². The maximum atomic E-state index is 12.7. The molecule has 2 rings (SSSR count). The molecule has 3 unspecified atom stereocenters. The summed E-state index contributed by atoms with van der Waals surface area (Å²) < 4.78 is 0. The number of nitrogens with zero attached hydrogens (tertiary/aromatic N) is 1. The second-order valence-electron chi connectivity index (χ2n) is 5.05. The van der Waals surface area contributed by atoms with Gasteiger partial charge in [-0.15, -0.1) is 0 Å². The molecule has 0 aromatic heterocycles. The fourth-order valence-corrected chi connectivity index (χ4v) is 3.61. The van der Waals surface area contributed by atoms with Crippen LogP contribution in [0.15, 0.2) is 30.3 Å². The van der Waals surface area contributed by atoms with Gasteiger partial charge in [-0.25, -0.2) is 0 Å². The predicted octanol–water partition coefficient (Wildman–Crippen LogP) is 2.08. The fourth-order valence-electron chi connectivity index (χ4n) is 2.51. The third kappa shape index (κ3) is 3.12. The van der Waals surface area contributed by atoms with Crippen LogP contribution < -0.4 is 5.73 Å². The number of benzene rings is 1. The van der Waals surface area contributed by atoms with Gasteiger partial charge in [0.2, 0.25) is 5.91 Å². The highest BCUT2D eigenvalue weighted by Crippen LogP contribution is 2.27. The van der Waals surface area contributed by atoms with Gasteiger partial charge in [0.05, 0.1) is 5.92 Å². The number of hydrogen-bond acceptors (Lipinski definition) is 3. The summed E-state index contributed by atoms with van der Waals surface area (Å²) in [5.41, 5.74) is 6.86.